The Morgan fingerprint density at radius 1 is 1.15 bits per heavy atom. The molecule has 0 aliphatic heterocycles. The zero-order valence-corrected chi connectivity index (χ0v) is 14.6. The molecule has 1 unspecified atom stereocenters. The minimum atomic E-state index is -0.282. The molecule has 2 heterocycles. The number of carbonyl (C=O) groups is 1. The van der Waals surface area contributed by atoms with Crippen molar-refractivity contribution in [1.82, 2.24) is 25.1 Å². The fourth-order valence-electron chi connectivity index (χ4n) is 3.13. The lowest BCUT2D eigenvalue weighted by Crippen LogP contribution is -2.30. The van der Waals surface area contributed by atoms with Gasteiger partial charge in [-0.05, 0) is 36.8 Å². The number of hydrogen-bond acceptors (Lipinski definition) is 3. The van der Waals surface area contributed by atoms with Gasteiger partial charge in [0.05, 0.1) is 22.8 Å². The van der Waals surface area contributed by atoms with E-state index in [0.29, 0.717) is 5.56 Å². The predicted molar refractivity (Wildman–Crippen MR) is 99.8 cm³/mol. The Kier molecular flexibility index (Phi) is 4.01. The van der Waals surface area contributed by atoms with Crippen LogP contribution in [-0.4, -0.2) is 25.7 Å². The van der Waals surface area contributed by atoms with E-state index < -0.39 is 0 Å². The number of carbonyl (C=O) groups excluding carboxylic acids is 1. The minimum Gasteiger partial charge on any atom is -0.342 e. The number of rotatable bonds is 4. The molecule has 1 amide bonds. The maximum atomic E-state index is 12.9. The van der Waals surface area contributed by atoms with Crippen LogP contribution in [0.25, 0.3) is 11.0 Å². The van der Waals surface area contributed by atoms with Crippen LogP contribution in [0.5, 0.6) is 0 Å². The highest BCUT2D eigenvalue weighted by Crippen LogP contribution is 2.22. The summed E-state index contributed by atoms with van der Waals surface area (Å²) < 4.78 is 1.78. The summed E-state index contributed by atoms with van der Waals surface area (Å²) in [5.74, 6) is 0.684. The number of aromatic nitrogens is 4. The zero-order valence-electron chi connectivity index (χ0n) is 14.6. The Morgan fingerprint density at radius 2 is 1.96 bits per heavy atom. The number of amides is 1. The van der Waals surface area contributed by atoms with E-state index in [9.17, 15) is 4.79 Å². The molecule has 2 N–H and O–H groups in total. The first-order valence-corrected chi connectivity index (χ1v) is 8.42. The normalized spacial score (nSPS) is 12.2. The lowest BCUT2D eigenvalue weighted by molar-refractivity contribution is 0.0942. The highest BCUT2D eigenvalue weighted by molar-refractivity contribution is 5.97. The quantitative estimate of drug-likeness (QED) is 0.597. The molecule has 0 bridgehead atoms. The van der Waals surface area contributed by atoms with E-state index in [1.54, 1.807) is 16.9 Å². The van der Waals surface area contributed by atoms with Crippen molar-refractivity contribution in [2.75, 3.05) is 0 Å². The Hall–Kier alpha value is -3.41. The average molecular weight is 345 g/mol. The zero-order chi connectivity index (χ0) is 18.1. The molecule has 0 aliphatic carbocycles. The van der Waals surface area contributed by atoms with Crippen LogP contribution in [0, 0.1) is 6.92 Å². The van der Waals surface area contributed by atoms with Gasteiger partial charge in [0.2, 0.25) is 0 Å². The molecule has 0 saturated carbocycles. The molecule has 2 aromatic carbocycles. The Bertz CT molecular complexity index is 1060. The highest BCUT2D eigenvalue weighted by atomic mass is 16.1. The maximum absolute atomic E-state index is 12.9. The van der Waals surface area contributed by atoms with E-state index >= 15 is 0 Å². The summed E-state index contributed by atoms with van der Waals surface area (Å²) in [6, 6.07) is 17.0. The van der Waals surface area contributed by atoms with Gasteiger partial charge >= 0.3 is 0 Å². The molecule has 6 heteroatoms. The first-order valence-electron chi connectivity index (χ1n) is 8.42. The first-order chi connectivity index (χ1) is 12.6. The molecule has 0 radical (unpaired) electrons. The number of nitrogens with zero attached hydrogens (tertiary/aromatic N) is 3. The van der Waals surface area contributed by atoms with Crippen molar-refractivity contribution in [3.05, 3.63) is 83.4 Å². The van der Waals surface area contributed by atoms with Crippen molar-refractivity contribution in [2.45, 2.75) is 13.0 Å². The lowest BCUT2D eigenvalue weighted by atomic mass is 10.0. The molecule has 4 rings (SSSR count). The highest BCUT2D eigenvalue weighted by Gasteiger charge is 2.20. The molecule has 0 aliphatic rings. The van der Waals surface area contributed by atoms with Crippen molar-refractivity contribution in [2.24, 2.45) is 7.05 Å². The van der Waals surface area contributed by atoms with Crippen molar-refractivity contribution < 1.29 is 4.79 Å². The van der Waals surface area contributed by atoms with Crippen molar-refractivity contribution in [3.63, 3.8) is 0 Å². The molecular formula is C20H19N5O. The van der Waals surface area contributed by atoms with Crippen LogP contribution in [0.1, 0.15) is 33.5 Å². The van der Waals surface area contributed by atoms with E-state index in [1.165, 1.54) is 0 Å². The van der Waals surface area contributed by atoms with Crippen LogP contribution in [0.4, 0.5) is 0 Å². The van der Waals surface area contributed by atoms with E-state index in [2.05, 4.69) is 20.4 Å². The summed E-state index contributed by atoms with van der Waals surface area (Å²) in [6.07, 6.45) is 1.73. The van der Waals surface area contributed by atoms with E-state index in [-0.39, 0.29) is 11.9 Å². The largest absolute Gasteiger partial charge is 0.342 e. The second kappa shape index (κ2) is 6.48. The van der Waals surface area contributed by atoms with Crippen LogP contribution < -0.4 is 5.32 Å². The summed E-state index contributed by atoms with van der Waals surface area (Å²) in [5, 5.41) is 7.37. The molecule has 2 aromatic heterocycles. The number of aromatic amines is 1. The second-order valence-electron chi connectivity index (χ2n) is 6.25. The lowest BCUT2D eigenvalue weighted by Gasteiger charge is -2.19. The molecule has 4 aromatic rings. The molecule has 0 spiro atoms. The molecule has 26 heavy (non-hydrogen) atoms. The van der Waals surface area contributed by atoms with Crippen molar-refractivity contribution in [1.29, 1.82) is 0 Å². The molecule has 130 valence electrons. The number of imidazole rings is 1. The van der Waals surface area contributed by atoms with Gasteiger partial charge in [-0.3, -0.25) is 9.48 Å². The third kappa shape index (κ3) is 2.97. The number of fused-ring (bicyclic) bond motifs is 1. The molecule has 1 atom stereocenters. The van der Waals surface area contributed by atoms with Gasteiger partial charge in [-0.2, -0.15) is 5.10 Å². The number of hydrogen-bond donors (Lipinski definition) is 2. The third-order valence-corrected chi connectivity index (χ3v) is 4.43. The van der Waals surface area contributed by atoms with Crippen LogP contribution in [-0.2, 0) is 7.05 Å². The first kappa shape index (κ1) is 16.1. The van der Waals surface area contributed by atoms with E-state index in [4.69, 9.17) is 0 Å². The molecule has 0 saturated heterocycles. The predicted octanol–water partition coefficient (Wildman–Crippen LogP) is 3.12. The van der Waals surface area contributed by atoms with Gasteiger partial charge in [0.1, 0.15) is 5.82 Å². The monoisotopic (exact) mass is 345 g/mol. The molecule has 6 nitrogen and oxygen atoms in total. The van der Waals surface area contributed by atoms with Crippen LogP contribution in [0.3, 0.4) is 0 Å². The third-order valence-electron chi connectivity index (χ3n) is 4.43. The van der Waals surface area contributed by atoms with Gasteiger partial charge in [-0.1, -0.05) is 30.3 Å². The Morgan fingerprint density at radius 3 is 2.69 bits per heavy atom. The van der Waals surface area contributed by atoms with Gasteiger partial charge in [-0.25, -0.2) is 4.98 Å². The summed E-state index contributed by atoms with van der Waals surface area (Å²) in [7, 11) is 1.87. The summed E-state index contributed by atoms with van der Waals surface area (Å²) >= 11 is 0. The van der Waals surface area contributed by atoms with Gasteiger partial charge in [0.25, 0.3) is 5.91 Å². The van der Waals surface area contributed by atoms with Crippen LogP contribution in [0.2, 0.25) is 0 Å². The number of nitrogens with one attached hydrogen (secondary N) is 2. The Balaban J connectivity index is 1.68. The van der Waals surface area contributed by atoms with Crippen LogP contribution in [0.15, 0.2) is 60.8 Å². The summed E-state index contributed by atoms with van der Waals surface area (Å²) in [6.45, 7) is 1.90. The fourth-order valence-corrected chi connectivity index (χ4v) is 3.13. The van der Waals surface area contributed by atoms with E-state index in [0.717, 1.165) is 28.1 Å². The SMILES string of the molecule is Cc1nc2ccc(C(=O)NC(c3ccccc3)c3ccnn3C)cc2[nH]1. The van der Waals surface area contributed by atoms with E-state index in [1.807, 2.05) is 62.5 Å². The van der Waals surface area contributed by atoms with Crippen molar-refractivity contribution in [3.8, 4) is 0 Å². The average Bonchev–Trinajstić information content (AvgIpc) is 3.24. The standard InChI is InChI=1S/C20H19N5O/c1-13-22-16-9-8-15(12-17(16)23-13)20(26)24-19(14-6-4-3-5-7-14)18-10-11-21-25(18)2/h3-12,19H,1-2H3,(H,22,23)(H,24,26). The minimum absolute atomic E-state index is 0.144. The number of H-pyrrole nitrogens is 1. The van der Waals surface area contributed by atoms with Gasteiger partial charge < -0.3 is 10.3 Å². The van der Waals surface area contributed by atoms with Crippen molar-refractivity contribution >= 4 is 16.9 Å². The topological polar surface area (TPSA) is 75.6 Å². The smallest absolute Gasteiger partial charge is 0.252 e. The van der Waals surface area contributed by atoms with Crippen LogP contribution >= 0.6 is 0 Å². The maximum Gasteiger partial charge on any atom is 0.252 e. The fraction of sp³-hybridized carbons (Fsp3) is 0.150. The number of benzene rings is 2. The molecule has 0 fully saturated rings. The summed E-state index contributed by atoms with van der Waals surface area (Å²) in [4.78, 5) is 20.5. The van der Waals surface area contributed by atoms with Gasteiger partial charge in [-0.15, -0.1) is 0 Å². The summed E-state index contributed by atoms with van der Waals surface area (Å²) in [5.41, 5.74) is 4.22. The molecular weight excluding hydrogens is 326 g/mol. The number of aryl methyl sites for hydroxylation is 2. The second-order valence-corrected chi connectivity index (χ2v) is 6.25. The Labute approximate surface area is 150 Å². The van der Waals surface area contributed by atoms with Gasteiger partial charge in [0.15, 0.2) is 0 Å². The van der Waals surface area contributed by atoms with Gasteiger partial charge in [0, 0.05) is 18.8 Å².